The van der Waals surface area contributed by atoms with Gasteiger partial charge in [-0.05, 0) is 68.5 Å². The minimum absolute atomic E-state index is 0.0522. The second kappa shape index (κ2) is 17.2. The summed E-state index contributed by atoms with van der Waals surface area (Å²) < 4.78 is 50.8. The number of anilines is 3. The highest BCUT2D eigenvalue weighted by atomic mass is 19.4. The fraction of sp³-hybridized carbons (Fsp3) is 0.524. The van der Waals surface area contributed by atoms with Crippen LogP contribution in [0.2, 0.25) is 0 Å². The number of aryl methyl sites for hydroxylation is 1. The van der Waals surface area contributed by atoms with Gasteiger partial charge >= 0.3 is 12.2 Å². The van der Waals surface area contributed by atoms with Crippen molar-refractivity contribution in [1.29, 1.82) is 0 Å². The maximum atomic E-state index is 13.4. The molecule has 7 heterocycles. The highest BCUT2D eigenvalue weighted by molar-refractivity contribution is 6.06. The molecule has 5 aliphatic heterocycles. The van der Waals surface area contributed by atoms with Crippen LogP contribution in [0.3, 0.4) is 0 Å². The summed E-state index contributed by atoms with van der Waals surface area (Å²) in [5.74, 6) is -1.02. The fourth-order valence-corrected chi connectivity index (χ4v) is 8.95. The van der Waals surface area contributed by atoms with E-state index >= 15 is 0 Å². The Kier molecular flexibility index (Phi) is 11.9. The molecule has 8 rings (SSSR count). The van der Waals surface area contributed by atoms with Gasteiger partial charge in [-0.3, -0.25) is 29.6 Å². The van der Waals surface area contributed by atoms with Gasteiger partial charge in [0.25, 0.3) is 5.91 Å². The number of halogens is 3. The molecule has 2 unspecified atom stereocenters. The molecule has 0 bridgehead atoms. The van der Waals surface area contributed by atoms with Crippen molar-refractivity contribution in [3.63, 3.8) is 0 Å². The number of alkyl halides is 3. The number of ether oxygens (including phenoxy) is 2. The number of likely N-dealkylation sites (tertiary alicyclic amines) is 1. The van der Waals surface area contributed by atoms with E-state index in [0.29, 0.717) is 69.4 Å². The van der Waals surface area contributed by atoms with Crippen LogP contribution in [0.5, 0.6) is 5.88 Å². The van der Waals surface area contributed by atoms with Crippen molar-refractivity contribution < 1.29 is 41.8 Å². The average Bonchev–Trinajstić information content (AvgIpc) is 3.79. The van der Waals surface area contributed by atoms with Gasteiger partial charge in [0.1, 0.15) is 18.3 Å². The van der Waals surface area contributed by atoms with Crippen molar-refractivity contribution in [2.24, 2.45) is 5.92 Å². The summed E-state index contributed by atoms with van der Waals surface area (Å²) in [5, 5.41) is 5.20. The lowest BCUT2D eigenvalue weighted by Crippen LogP contribution is -2.53. The summed E-state index contributed by atoms with van der Waals surface area (Å²) in [6.45, 7) is 10.9. The van der Waals surface area contributed by atoms with Crippen molar-refractivity contribution in [1.82, 2.24) is 30.0 Å². The predicted molar refractivity (Wildman–Crippen MR) is 216 cm³/mol. The van der Waals surface area contributed by atoms with Gasteiger partial charge in [0.2, 0.25) is 17.7 Å². The van der Waals surface area contributed by atoms with Crippen molar-refractivity contribution in [2.75, 3.05) is 93.8 Å². The Labute approximate surface area is 346 Å². The second-order valence-corrected chi connectivity index (χ2v) is 16.2. The smallest absolute Gasteiger partial charge is 0.389 e. The number of carbonyl (C=O) groups is 4. The molecule has 3 aromatic rings. The third kappa shape index (κ3) is 8.99. The molecule has 5 aliphatic rings. The van der Waals surface area contributed by atoms with Gasteiger partial charge in [-0.15, -0.1) is 0 Å². The number of urea groups is 1. The number of hydrogen-bond acceptors (Lipinski definition) is 11. The number of rotatable bonds is 10. The van der Waals surface area contributed by atoms with Crippen molar-refractivity contribution in [2.45, 2.75) is 57.8 Å². The molecule has 1 aromatic carbocycles. The monoisotopic (exact) mass is 833 g/mol. The zero-order chi connectivity index (χ0) is 42.1. The van der Waals surface area contributed by atoms with Gasteiger partial charge in [-0.25, -0.2) is 9.78 Å². The molecule has 4 saturated heterocycles. The Bertz CT molecular complexity index is 2120. The number of piperazine rings is 1. The molecule has 5 amide bonds. The van der Waals surface area contributed by atoms with E-state index in [1.54, 1.807) is 17.3 Å². The quantitative estimate of drug-likeness (QED) is 0.276. The summed E-state index contributed by atoms with van der Waals surface area (Å²) in [6.07, 6.45) is -1.05. The van der Waals surface area contributed by atoms with Crippen LogP contribution in [0.4, 0.5) is 35.0 Å². The summed E-state index contributed by atoms with van der Waals surface area (Å²) in [5.41, 5.74) is 6.02. The van der Waals surface area contributed by atoms with Gasteiger partial charge in [0.05, 0.1) is 31.1 Å². The lowest BCUT2D eigenvalue weighted by atomic mass is 10.0. The van der Waals surface area contributed by atoms with E-state index in [1.165, 1.54) is 4.90 Å². The van der Waals surface area contributed by atoms with E-state index in [4.69, 9.17) is 14.5 Å². The molecular weight excluding hydrogens is 784 g/mol. The van der Waals surface area contributed by atoms with E-state index < -0.39 is 36.5 Å². The average molecular weight is 834 g/mol. The number of aromatic nitrogens is 2. The zero-order valence-corrected chi connectivity index (χ0v) is 33.8. The minimum atomic E-state index is -4.26. The fourth-order valence-electron chi connectivity index (χ4n) is 8.95. The molecule has 2 aromatic heterocycles. The van der Waals surface area contributed by atoms with E-state index in [0.717, 1.165) is 59.9 Å². The maximum Gasteiger partial charge on any atom is 0.389 e. The number of pyridine rings is 2. The minimum Gasteiger partial charge on any atom is -0.475 e. The SMILES string of the molecule is Cc1ncc(NC(=O)N2CC[C@@H](CC(F)(F)F)C2)cc1-c1cnc(OCCN2CCN(c3ccc4c(c3)C(C)N(C3CCC(=O)NC3=O)C4=O)CC2)c(N2CCOCC2)c1. The maximum absolute atomic E-state index is 13.4. The first-order chi connectivity index (χ1) is 28.8. The molecule has 2 N–H and O–H groups in total. The Morgan fingerprint density at radius 1 is 0.950 bits per heavy atom. The lowest BCUT2D eigenvalue weighted by molar-refractivity contribution is -0.143. The van der Waals surface area contributed by atoms with Crippen molar-refractivity contribution in [3.8, 4) is 17.0 Å². The summed E-state index contributed by atoms with van der Waals surface area (Å²) in [6, 6.07) is 8.29. The summed E-state index contributed by atoms with van der Waals surface area (Å²) in [7, 11) is 0. The lowest BCUT2D eigenvalue weighted by Gasteiger charge is -2.36. The van der Waals surface area contributed by atoms with E-state index in [9.17, 15) is 32.3 Å². The third-order valence-electron chi connectivity index (χ3n) is 12.2. The van der Waals surface area contributed by atoms with E-state index in [-0.39, 0.29) is 37.4 Å². The number of nitrogens with one attached hydrogen (secondary N) is 2. The van der Waals surface area contributed by atoms with Crippen LogP contribution in [-0.4, -0.2) is 139 Å². The standard InChI is InChI=1S/C42H50F3N9O6/c1-26-33(20-30(24-46-26)48-41(58)53-8-7-28(25-53)22-42(43,44)45)29-19-36(52-14-16-59-17-15-52)39(47-23-29)60-18-13-50-9-11-51(12-10-50)31-3-4-32-34(21-31)27(2)54(40(32)57)35-5-6-37(55)49-38(35)56/h3-4,19-21,23-24,27-28,35H,5-18,22,25H2,1-2H3,(H,48,58)(H,49,55,56)/t27?,28-,35?/m0/s1. The van der Waals surface area contributed by atoms with Crippen LogP contribution in [0.15, 0.2) is 42.7 Å². The first kappa shape index (κ1) is 41.3. The molecule has 4 fully saturated rings. The molecule has 0 aliphatic carbocycles. The molecule has 0 radical (unpaired) electrons. The molecule has 0 saturated carbocycles. The topological polar surface area (TPSA) is 153 Å². The molecule has 0 spiro atoms. The number of imide groups is 1. The Morgan fingerprint density at radius 2 is 1.73 bits per heavy atom. The Morgan fingerprint density at radius 3 is 2.48 bits per heavy atom. The van der Waals surface area contributed by atoms with Crippen LogP contribution < -0.4 is 25.2 Å². The molecule has 320 valence electrons. The number of benzene rings is 1. The van der Waals surface area contributed by atoms with Crippen LogP contribution in [0, 0.1) is 12.8 Å². The Hall–Kier alpha value is -5.49. The van der Waals surface area contributed by atoms with Gasteiger partial charge < -0.3 is 34.4 Å². The first-order valence-corrected chi connectivity index (χ1v) is 20.6. The number of morpholine rings is 1. The number of piperidine rings is 1. The van der Waals surface area contributed by atoms with Crippen LogP contribution >= 0.6 is 0 Å². The van der Waals surface area contributed by atoms with E-state index in [1.807, 2.05) is 38.1 Å². The number of hydrogen-bond donors (Lipinski definition) is 2. The van der Waals surface area contributed by atoms with Crippen LogP contribution in [-0.2, 0) is 14.3 Å². The number of carbonyl (C=O) groups excluding carboxylic acids is 4. The predicted octanol–water partition coefficient (Wildman–Crippen LogP) is 4.62. The third-order valence-corrected chi connectivity index (χ3v) is 12.2. The van der Waals surface area contributed by atoms with Crippen molar-refractivity contribution in [3.05, 3.63) is 59.5 Å². The molecule has 60 heavy (non-hydrogen) atoms. The first-order valence-electron chi connectivity index (χ1n) is 20.6. The van der Waals surface area contributed by atoms with Crippen molar-refractivity contribution >= 4 is 40.8 Å². The zero-order valence-electron chi connectivity index (χ0n) is 33.8. The summed E-state index contributed by atoms with van der Waals surface area (Å²) in [4.78, 5) is 69.8. The number of fused-ring (bicyclic) bond motifs is 1. The highest BCUT2D eigenvalue weighted by Gasteiger charge is 2.43. The van der Waals surface area contributed by atoms with Crippen LogP contribution in [0.1, 0.15) is 60.3 Å². The second-order valence-electron chi connectivity index (χ2n) is 16.2. The molecule has 3 atom stereocenters. The molecule has 18 heteroatoms. The van der Waals surface area contributed by atoms with Gasteiger partial charge in [0.15, 0.2) is 0 Å². The number of nitrogens with zero attached hydrogens (tertiary/aromatic N) is 7. The largest absolute Gasteiger partial charge is 0.475 e. The van der Waals surface area contributed by atoms with Gasteiger partial charge in [-0.1, -0.05) is 0 Å². The normalized spacial score (nSPS) is 22.6. The number of amides is 5. The summed E-state index contributed by atoms with van der Waals surface area (Å²) >= 11 is 0. The highest BCUT2D eigenvalue weighted by Crippen LogP contribution is 2.39. The Balaban J connectivity index is 0.879. The van der Waals surface area contributed by atoms with Gasteiger partial charge in [-0.2, -0.15) is 13.2 Å². The van der Waals surface area contributed by atoms with E-state index in [2.05, 4.69) is 36.4 Å². The molecule has 15 nitrogen and oxygen atoms in total. The molecular formula is C42H50F3N9O6. The van der Waals surface area contributed by atoms with Crippen LogP contribution in [0.25, 0.3) is 11.1 Å². The van der Waals surface area contributed by atoms with Gasteiger partial charge in [0, 0.05) is 106 Å².